The van der Waals surface area contributed by atoms with Crippen molar-refractivity contribution in [2.45, 2.75) is 13.0 Å². The molecule has 2 aromatic rings. The second-order valence-corrected chi connectivity index (χ2v) is 4.62. The molecule has 2 aromatic carbocycles. The minimum absolute atomic E-state index is 0.0876. The van der Waals surface area contributed by atoms with Gasteiger partial charge in [0.25, 0.3) is 0 Å². The fraction of sp³-hybridized carbons (Fsp3) is 0.250. The molecule has 1 atom stereocenters. The molecule has 1 unspecified atom stereocenters. The van der Waals surface area contributed by atoms with Gasteiger partial charge in [0.2, 0.25) is 0 Å². The Balaban J connectivity index is 2.39. The van der Waals surface area contributed by atoms with E-state index in [-0.39, 0.29) is 6.04 Å². The Morgan fingerprint density at radius 3 is 2.05 bits per heavy atom. The Hall–Kier alpha value is -2.04. The quantitative estimate of drug-likeness (QED) is 0.649. The molecular weight excluding hydrogens is 252 g/mol. The molecule has 4 nitrogen and oxygen atoms in total. The molecule has 0 aliphatic carbocycles. The van der Waals surface area contributed by atoms with Crippen LogP contribution >= 0.6 is 0 Å². The number of ether oxygens (including phenoxy) is 2. The molecule has 0 aliphatic rings. The lowest BCUT2D eigenvalue weighted by molar-refractivity contribution is 0.354. The predicted molar refractivity (Wildman–Crippen MR) is 79.9 cm³/mol. The Morgan fingerprint density at radius 2 is 1.50 bits per heavy atom. The first kappa shape index (κ1) is 14.4. The van der Waals surface area contributed by atoms with Gasteiger partial charge in [-0.05, 0) is 30.2 Å². The van der Waals surface area contributed by atoms with Crippen molar-refractivity contribution in [1.29, 1.82) is 0 Å². The summed E-state index contributed by atoms with van der Waals surface area (Å²) >= 11 is 0. The lowest BCUT2D eigenvalue weighted by atomic mass is 9.98. The highest BCUT2D eigenvalue weighted by molar-refractivity contribution is 5.46. The number of benzene rings is 2. The van der Waals surface area contributed by atoms with Gasteiger partial charge in [0, 0.05) is 0 Å². The van der Waals surface area contributed by atoms with Crippen LogP contribution < -0.4 is 20.7 Å². The lowest BCUT2D eigenvalue weighted by Gasteiger charge is -2.18. The number of nitrogens with one attached hydrogen (secondary N) is 1. The molecule has 0 fully saturated rings. The van der Waals surface area contributed by atoms with Crippen LogP contribution in [0.1, 0.15) is 22.7 Å². The minimum Gasteiger partial charge on any atom is -0.493 e. The number of nitrogens with two attached hydrogens (primary N) is 1. The van der Waals surface area contributed by atoms with E-state index in [1.54, 1.807) is 14.2 Å². The third kappa shape index (κ3) is 2.92. The van der Waals surface area contributed by atoms with E-state index in [0.29, 0.717) is 11.5 Å². The van der Waals surface area contributed by atoms with Crippen molar-refractivity contribution in [3.05, 3.63) is 59.2 Å². The molecule has 0 amide bonds. The summed E-state index contributed by atoms with van der Waals surface area (Å²) in [4.78, 5) is 0. The summed E-state index contributed by atoms with van der Waals surface area (Å²) < 4.78 is 10.6. The van der Waals surface area contributed by atoms with Crippen molar-refractivity contribution >= 4 is 0 Å². The Morgan fingerprint density at radius 1 is 0.900 bits per heavy atom. The largest absolute Gasteiger partial charge is 0.493 e. The monoisotopic (exact) mass is 272 g/mol. The van der Waals surface area contributed by atoms with E-state index < -0.39 is 0 Å². The van der Waals surface area contributed by atoms with Gasteiger partial charge in [0.15, 0.2) is 11.5 Å². The molecule has 20 heavy (non-hydrogen) atoms. The van der Waals surface area contributed by atoms with Gasteiger partial charge in [-0.2, -0.15) is 0 Å². The van der Waals surface area contributed by atoms with Crippen LogP contribution in [0.15, 0.2) is 42.5 Å². The lowest BCUT2D eigenvalue weighted by Crippen LogP contribution is -2.28. The normalized spacial score (nSPS) is 12.0. The highest BCUT2D eigenvalue weighted by Gasteiger charge is 2.14. The zero-order valence-corrected chi connectivity index (χ0v) is 12.0. The highest BCUT2D eigenvalue weighted by Crippen LogP contribution is 2.31. The molecule has 0 spiro atoms. The molecule has 0 saturated heterocycles. The van der Waals surface area contributed by atoms with Gasteiger partial charge in [-0.3, -0.25) is 5.84 Å². The summed E-state index contributed by atoms with van der Waals surface area (Å²) in [6.45, 7) is 2.06. The Kier molecular flexibility index (Phi) is 4.61. The highest BCUT2D eigenvalue weighted by atomic mass is 16.5. The van der Waals surface area contributed by atoms with E-state index in [0.717, 1.165) is 11.1 Å². The smallest absolute Gasteiger partial charge is 0.161 e. The molecule has 0 heterocycles. The molecule has 0 saturated carbocycles. The van der Waals surface area contributed by atoms with Crippen molar-refractivity contribution in [2.75, 3.05) is 14.2 Å². The third-order valence-electron chi connectivity index (χ3n) is 3.32. The number of aryl methyl sites for hydroxylation is 1. The molecule has 0 aromatic heterocycles. The van der Waals surface area contributed by atoms with Crippen LogP contribution in [0.5, 0.6) is 11.5 Å². The van der Waals surface area contributed by atoms with Crippen LogP contribution in [-0.4, -0.2) is 14.2 Å². The van der Waals surface area contributed by atoms with E-state index in [4.69, 9.17) is 15.3 Å². The summed E-state index contributed by atoms with van der Waals surface area (Å²) in [7, 11) is 3.24. The minimum atomic E-state index is -0.0876. The Labute approximate surface area is 119 Å². The number of rotatable bonds is 5. The first-order valence-electron chi connectivity index (χ1n) is 6.44. The third-order valence-corrected chi connectivity index (χ3v) is 3.32. The van der Waals surface area contributed by atoms with Crippen molar-refractivity contribution in [1.82, 2.24) is 5.43 Å². The van der Waals surface area contributed by atoms with Gasteiger partial charge in [-0.1, -0.05) is 35.9 Å². The van der Waals surface area contributed by atoms with Crippen LogP contribution in [0.3, 0.4) is 0 Å². The van der Waals surface area contributed by atoms with Gasteiger partial charge in [0.05, 0.1) is 20.3 Å². The van der Waals surface area contributed by atoms with Crippen molar-refractivity contribution in [3.63, 3.8) is 0 Å². The topological polar surface area (TPSA) is 56.5 Å². The van der Waals surface area contributed by atoms with Gasteiger partial charge < -0.3 is 9.47 Å². The maximum Gasteiger partial charge on any atom is 0.161 e. The van der Waals surface area contributed by atoms with Crippen LogP contribution in [0.4, 0.5) is 0 Å². The van der Waals surface area contributed by atoms with Crippen molar-refractivity contribution < 1.29 is 9.47 Å². The fourth-order valence-electron chi connectivity index (χ4n) is 2.18. The second-order valence-electron chi connectivity index (χ2n) is 4.62. The average Bonchev–Trinajstić information content (AvgIpc) is 2.49. The second kappa shape index (κ2) is 6.41. The number of hydrogen-bond acceptors (Lipinski definition) is 4. The van der Waals surface area contributed by atoms with E-state index in [2.05, 4.69) is 36.6 Å². The zero-order chi connectivity index (χ0) is 14.5. The first-order valence-corrected chi connectivity index (χ1v) is 6.44. The average molecular weight is 272 g/mol. The number of hydrazine groups is 1. The molecular formula is C16H20N2O2. The van der Waals surface area contributed by atoms with Crippen LogP contribution in [0, 0.1) is 6.92 Å². The molecule has 0 bridgehead atoms. The summed E-state index contributed by atoms with van der Waals surface area (Å²) in [6, 6.07) is 14.0. The van der Waals surface area contributed by atoms with Crippen LogP contribution in [0.25, 0.3) is 0 Å². The fourth-order valence-corrected chi connectivity index (χ4v) is 2.18. The SMILES string of the molecule is COc1ccc(C(NN)c2ccc(C)cc2)cc1OC. The van der Waals surface area contributed by atoms with Gasteiger partial charge >= 0.3 is 0 Å². The van der Waals surface area contributed by atoms with Gasteiger partial charge in [0.1, 0.15) is 0 Å². The van der Waals surface area contributed by atoms with E-state index in [9.17, 15) is 0 Å². The summed E-state index contributed by atoms with van der Waals surface area (Å²) in [6.07, 6.45) is 0. The number of hydrogen-bond donors (Lipinski definition) is 2. The summed E-state index contributed by atoms with van der Waals surface area (Å²) in [5.41, 5.74) is 6.19. The maximum absolute atomic E-state index is 5.71. The van der Waals surface area contributed by atoms with E-state index in [1.807, 2.05) is 18.2 Å². The van der Waals surface area contributed by atoms with Crippen LogP contribution in [-0.2, 0) is 0 Å². The van der Waals surface area contributed by atoms with E-state index in [1.165, 1.54) is 5.56 Å². The van der Waals surface area contributed by atoms with Crippen molar-refractivity contribution in [2.24, 2.45) is 5.84 Å². The first-order chi connectivity index (χ1) is 9.69. The zero-order valence-electron chi connectivity index (χ0n) is 12.0. The standard InChI is InChI=1S/C16H20N2O2/c1-11-4-6-12(7-5-11)16(18-17)13-8-9-14(19-2)15(10-13)20-3/h4-10,16,18H,17H2,1-3H3. The molecule has 4 heteroatoms. The number of methoxy groups -OCH3 is 2. The van der Waals surface area contributed by atoms with Gasteiger partial charge in [-0.15, -0.1) is 0 Å². The summed E-state index contributed by atoms with van der Waals surface area (Å²) in [5.74, 6) is 7.11. The Bertz CT molecular complexity index is 567. The molecule has 106 valence electrons. The van der Waals surface area contributed by atoms with Gasteiger partial charge in [-0.25, -0.2) is 5.43 Å². The molecule has 2 rings (SSSR count). The predicted octanol–water partition coefficient (Wildman–Crippen LogP) is 2.56. The molecule has 0 aliphatic heterocycles. The van der Waals surface area contributed by atoms with Crippen molar-refractivity contribution in [3.8, 4) is 11.5 Å². The maximum atomic E-state index is 5.71. The summed E-state index contributed by atoms with van der Waals surface area (Å²) in [5, 5.41) is 0. The molecule has 3 N–H and O–H groups in total. The van der Waals surface area contributed by atoms with Crippen LogP contribution in [0.2, 0.25) is 0 Å². The molecule has 0 radical (unpaired) electrons. The van der Waals surface area contributed by atoms with E-state index >= 15 is 0 Å².